The van der Waals surface area contributed by atoms with Gasteiger partial charge in [-0.3, -0.25) is 25.2 Å². The Bertz CT molecular complexity index is 744. The first-order valence-corrected chi connectivity index (χ1v) is 7.57. The van der Waals surface area contributed by atoms with Gasteiger partial charge in [0.05, 0.1) is 0 Å². The molecule has 0 aliphatic rings. The number of carbonyl (C=O) groups excluding carboxylic acids is 3. The summed E-state index contributed by atoms with van der Waals surface area (Å²) < 4.78 is 0. The van der Waals surface area contributed by atoms with Gasteiger partial charge in [-0.15, -0.1) is 0 Å². The molecule has 2 aromatic rings. The van der Waals surface area contributed by atoms with Crippen LogP contribution in [0.4, 0.5) is 0 Å². The van der Waals surface area contributed by atoms with Crippen molar-refractivity contribution in [1.82, 2.24) is 15.8 Å². The Kier molecular flexibility index (Phi) is 5.78. The summed E-state index contributed by atoms with van der Waals surface area (Å²) in [4.78, 5) is 39.0. The topological polar surface area (TPSA) is 88.2 Å². The molecule has 0 spiro atoms. The lowest BCUT2D eigenvalue weighted by Gasteiger charge is -2.13. The summed E-state index contributed by atoms with van der Waals surface area (Å²) in [5, 5.41) is 0. The van der Waals surface area contributed by atoms with E-state index in [1.807, 2.05) is 30.3 Å². The van der Waals surface area contributed by atoms with Crippen molar-refractivity contribution >= 4 is 18.1 Å². The molecule has 124 valence electrons. The van der Waals surface area contributed by atoms with Crippen LogP contribution in [0, 0.1) is 12.8 Å². The minimum atomic E-state index is -0.568. The van der Waals surface area contributed by atoms with Crippen molar-refractivity contribution in [2.75, 3.05) is 0 Å². The van der Waals surface area contributed by atoms with E-state index in [0.29, 0.717) is 24.0 Å². The molecule has 2 rings (SSSR count). The van der Waals surface area contributed by atoms with E-state index < -0.39 is 5.91 Å². The van der Waals surface area contributed by atoms with E-state index in [-0.39, 0.29) is 17.5 Å². The monoisotopic (exact) mass is 325 g/mol. The standard InChI is InChI=1S/C18H19N3O3/c1-12(8-14-6-4-3-5-7-14)17(23)20-21-18(24)16-10-15(11-22)9-13(2)19-16/h3-7,9-12H,8H2,1-2H3,(H,20,23)(H,21,24). The molecule has 0 fully saturated rings. The summed E-state index contributed by atoms with van der Waals surface area (Å²) in [6.07, 6.45) is 1.21. The number of benzene rings is 1. The quantitative estimate of drug-likeness (QED) is 0.648. The summed E-state index contributed by atoms with van der Waals surface area (Å²) in [6.45, 7) is 3.47. The number of nitrogens with one attached hydrogen (secondary N) is 2. The highest BCUT2D eigenvalue weighted by Crippen LogP contribution is 2.08. The Morgan fingerprint density at radius 2 is 1.88 bits per heavy atom. The zero-order valence-corrected chi connectivity index (χ0v) is 13.6. The molecule has 1 heterocycles. The van der Waals surface area contributed by atoms with Crippen molar-refractivity contribution in [1.29, 1.82) is 0 Å². The van der Waals surface area contributed by atoms with Crippen molar-refractivity contribution in [3.05, 3.63) is 65.0 Å². The first-order valence-electron chi connectivity index (χ1n) is 7.57. The van der Waals surface area contributed by atoms with Crippen LogP contribution in [-0.4, -0.2) is 23.1 Å². The van der Waals surface area contributed by atoms with Gasteiger partial charge in [-0.2, -0.15) is 0 Å². The van der Waals surface area contributed by atoms with Crippen LogP contribution in [0.5, 0.6) is 0 Å². The van der Waals surface area contributed by atoms with Gasteiger partial charge < -0.3 is 0 Å². The Morgan fingerprint density at radius 1 is 1.17 bits per heavy atom. The van der Waals surface area contributed by atoms with Crippen LogP contribution >= 0.6 is 0 Å². The second kappa shape index (κ2) is 8.01. The number of aromatic nitrogens is 1. The van der Waals surface area contributed by atoms with E-state index in [4.69, 9.17) is 0 Å². The molecular weight excluding hydrogens is 306 g/mol. The van der Waals surface area contributed by atoms with Gasteiger partial charge in [-0.1, -0.05) is 37.3 Å². The second-order valence-electron chi connectivity index (χ2n) is 5.58. The molecule has 6 heteroatoms. The molecule has 0 aliphatic carbocycles. The van der Waals surface area contributed by atoms with Crippen molar-refractivity contribution in [3.8, 4) is 0 Å². The van der Waals surface area contributed by atoms with Crippen LogP contribution < -0.4 is 10.9 Å². The minimum absolute atomic E-state index is 0.0770. The van der Waals surface area contributed by atoms with E-state index in [9.17, 15) is 14.4 Å². The highest BCUT2D eigenvalue weighted by Gasteiger charge is 2.15. The number of nitrogens with zero attached hydrogens (tertiary/aromatic N) is 1. The number of carbonyl (C=O) groups is 3. The van der Waals surface area contributed by atoms with Crippen molar-refractivity contribution in [2.24, 2.45) is 5.92 Å². The van der Waals surface area contributed by atoms with Crippen LogP contribution in [0.2, 0.25) is 0 Å². The number of aldehydes is 1. The van der Waals surface area contributed by atoms with Gasteiger partial charge in [0.25, 0.3) is 5.91 Å². The maximum absolute atomic E-state index is 12.1. The molecule has 2 N–H and O–H groups in total. The highest BCUT2D eigenvalue weighted by molar-refractivity contribution is 5.95. The number of amides is 2. The third-order valence-electron chi connectivity index (χ3n) is 3.48. The number of hydrogen-bond acceptors (Lipinski definition) is 4. The van der Waals surface area contributed by atoms with Gasteiger partial charge in [-0.25, -0.2) is 4.98 Å². The SMILES string of the molecule is Cc1cc(C=O)cc(C(=O)NNC(=O)C(C)Cc2ccccc2)n1. The second-order valence-corrected chi connectivity index (χ2v) is 5.58. The zero-order chi connectivity index (χ0) is 17.5. The van der Waals surface area contributed by atoms with Gasteiger partial charge in [-0.05, 0) is 31.0 Å². The maximum atomic E-state index is 12.1. The zero-order valence-electron chi connectivity index (χ0n) is 13.6. The van der Waals surface area contributed by atoms with E-state index >= 15 is 0 Å². The predicted molar refractivity (Wildman–Crippen MR) is 89.3 cm³/mol. The van der Waals surface area contributed by atoms with Crippen molar-refractivity contribution < 1.29 is 14.4 Å². The Balaban J connectivity index is 1.92. The van der Waals surface area contributed by atoms with Crippen LogP contribution in [0.3, 0.4) is 0 Å². The van der Waals surface area contributed by atoms with E-state index in [0.717, 1.165) is 5.56 Å². The number of pyridine rings is 1. The highest BCUT2D eigenvalue weighted by atomic mass is 16.2. The average molecular weight is 325 g/mol. The van der Waals surface area contributed by atoms with Gasteiger partial charge in [0.15, 0.2) is 0 Å². The number of rotatable bonds is 5. The fourth-order valence-electron chi connectivity index (χ4n) is 2.25. The average Bonchev–Trinajstić information content (AvgIpc) is 2.59. The molecule has 0 aliphatic heterocycles. The van der Waals surface area contributed by atoms with Gasteiger partial charge in [0.1, 0.15) is 12.0 Å². The predicted octanol–water partition coefficient (Wildman–Crippen LogP) is 1.84. The molecule has 1 atom stereocenters. The third kappa shape index (κ3) is 4.74. The van der Waals surface area contributed by atoms with E-state index in [1.54, 1.807) is 19.9 Å². The fraction of sp³-hybridized carbons (Fsp3) is 0.222. The van der Waals surface area contributed by atoms with Crippen LogP contribution in [-0.2, 0) is 11.2 Å². The smallest absolute Gasteiger partial charge is 0.288 e. The van der Waals surface area contributed by atoms with Crippen LogP contribution in [0.15, 0.2) is 42.5 Å². The molecule has 0 saturated heterocycles. The summed E-state index contributed by atoms with van der Waals surface area (Å²) >= 11 is 0. The van der Waals surface area contributed by atoms with E-state index in [2.05, 4.69) is 15.8 Å². The summed E-state index contributed by atoms with van der Waals surface area (Å²) in [7, 11) is 0. The Morgan fingerprint density at radius 3 is 2.54 bits per heavy atom. The lowest BCUT2D eigenvalue weighted by atomic mass is 10.0. The molecule has 0 radical (unpaired) electrons. The lowest BCUT2D eigenvalue weighted by Crippen LogP contribution is -2.44. The molecule has 1 aromatic carbocycles. The number of hydrogen-bond donors (Lipinski definition) is 2. The largest absolute Gasteiger partial charge is 0.298 e. The number of hydrazine groups is 1. The molecule has 0 saturated carbocycles. The minimum Gasteiger partial charge on any atom is -0.298 e. The first kappa shape index (κ1) is 17.3. The molecule has 1 unspecified atom stereocenters. The molecule has 1 aromatic heterocycles. The summed E-state index contributed by atoms with van der Waals surface area (Å²) in [5.41, 5.74) is 6.75. The summed E-state index contributed by atoms with van der Waals surface area (Å²) in [5.74, 6) is -1.17. The lowest BCUT2D eigenvalue weighted by molar-refractivity contribution is -0.125. The molecular formula is C18H19N3O3. The van der Waals surface area contributed by atoms with Crippen LogP contribution in [0.1, 0.15) is 39.0 Å². The van der Waals surface area contributed by atoms with Gasteiger partial charge in [0.2, 0.25) is 5.91 Å². The molecule has 2 amide bonds. The van der Waals surface area contributed by atoms with Crippen molar-refractivity contribution in [3.63, 3.8) is 0 Å². The summed E-state index contributed by atoms with van der Waals surface area (Å²) in [6, 6.07) is 12.6. The Hall–Kier alpha value is -3.02. The number of aryl methyl sites for hydroxylation is 1. The van der Waals surface area contributed by atoms with Crippen LogP contribution in [0.25, 0.3) is 0 Å². The molecule has 6 nitrogen and oxygen atoms in total. The van der Waals surface area contributed by atoms with Gasteiger partial charge >= 0.3 is 0 Å². The maximum Gasteiger partial charge on any atom is 0.288 e. The Labute approximate surface area is 140 Å². The third-order valence-corrected chi connectivity index (χ3v) is 3.48. The molecule has 0 bridgehead atoms. The molecule has 24 heavy (non-hydrogen) atoms. The fourth-order valence-corrected chi connectivity index (χ4v) is 2.25. The van der Waals surface area contributed by atoms with E-state index in [1.165, 1.54) is 6.07 Å². The normalized spacial score (nSPS) is 11.4. The first-order chi connectivity index (χ1) is 11.5. The van der Waals surface area contributed by atoms with Gasteiger partial charge in [0, 0.05) is 17.2 Å². The van der Waals surface area contributed by atoms with Crippen molar-refractivity contribution in [2.45, 2.75) is 20.3 Å².